The monoisotopic (exact) mass is 368 g/mol. The number of amides is 1. The fourth-order valence-electron chi connectivity index (χ4n) is 3.19. The lowest BCUT2D eigenvalue weighted by atomic mass is 9.90. The maximum absolute atomic E-state index is 12.5. The van der Waals surface area contributed by atoms with Crippen molar-refractivity contribution < 1.29 is 44.6 Å². The van der Waals surface area contributed by atoms with Crippen LogP contribution >= 0.6 is 0 Å². The lowest BCUT2D eigenvalue weighted by Crippen LogP contribution is -2.61. The molecule has 2 aliphatic rings. The molecule has 1 fully saturated rings. The van der Waals surface area contributed by atoms with E-state index in [0.29, 0.717) is 5.69 Å². The largest absolute Gasteiger partial charge is 0.550 e. The van der Waals surface area contributed by atoms with Gasteiger partial charge in [0.1, 0.15) is 24.4 Å². The lowest BCUT2D eigenvalue weighted by Gasteiger charge is -2.42. The number of hydrogen-bond donors (Lipinski definition) is 5. The molecule has 1 aromatic carbocycles. The maximum atomic E-state index is 12.5. The number of carboxylic acids is 1. The van der Waals surface area contributed by atoms with Gasteiger partial charge in [-0.2, -0.15) is 0 Å². The normalized spacial score (nSPS) is 36.5. The van der Waals surface area contributed by atoms with Crippen molar-refractivity contribution in [1.29, 1.82) is 0 Å². The molecule has 142 valence electrons. The van der Waals surface area contributed by atoms with Gasteiger partial charge in [-0.1, -0.05) is 18.2 Å². The highest BCUT2D eigenvalue weighted by atomic mass is 16.7. The number of carbonyl (C=O) groups is 2. The molecule has 0 spiro atoms. The van der Waals surface area contributed by atoms with Gasteiger partial charge in [-0.05, 0) is 6.07 Å². The third kappa shape index (κ3) is 2.96. The summed E-state index contributed by atoms with van der Waals surface area (Å²) in [4.78, 5) is 23.8. The Hall–Kier alpha value is -2.08. The summed E-state index contributed by atoms with van der Waals surface area (Å²) in [6.07, 6.45) is -8.95. The fraction of sp³-hybridized carbons (Fsp3) is 0.500. The van der Waals surface area contributed by atoms with Gasteiger partial charge in [-0.15, -0.1) is 0 Å². The van der Waals surface area contributed by atoms with Gasteiger partial charge in [0.25, 0.3) is 5.91 Å². The van der Waals surface area contributed by atoms with Crippen LogP contribution in [-0.4, -0.2) is 69.6 Å². The number of nitrogens with one attached hydrogen (secondary N) is 1. The minimum Gasteiger partial charge on any atom is -0.550 e. The molecule has 1 aromatic rings. The Bertz CT molecular complexity index is 709. The van der Waals surface area contributed by atoms with E-state index in [9.17, 15) is 35.1 Å². The van der Waals surface area contributed by atoms with Crippen molar-refractivity contribution in [3.63, 3.8) is 0 Å². The molecule has 0 bridgehead atoms. The van der Waals surface area contributed by atoms with Crippen LogP contribution in [0.25, 0.3) is 0 Å². The first kappa shape index (κ1) is 18.7. The van der Waals surface area contributed by atoms with Gasteiger partial charge in [-0.3, -0.25) is 4.79 Å². The topological polar surface area (TPSA) is 169 Å². The Morgan fingerprint density at radius 1 is 1.23 bits per heavy atom. The van der Waals surface area contributed by atoms with Crippen LogP contribution in [0.2, 0.25) is 0 Å². The molecule has 0 aromatic heterocycles. The molecule has 10 nitrogen and oxygen atoms in total. The number of fused-ring (bicyclic) bond motifs is 1. The highest BCUT2D eigenvalue weighted by molar-refractivity contribution is 6.06. The van der Waals surface area contributed by atoms with Gasteiger partial charge in [-0.25, -0.2) is 0 Å². The van der Waals surface area contributed by atoms with Gasteiger partial charge in [0, 0.05) is 23.6 Å². The zero-order chi connectivity index (χ0) is 19.1. The second-order valence-corrected chi connectivity index (χ2v) is 6.19. The van der Waals surface area contributed by atoms with E-state index in [1.807, 2.05) is 0 Å². The molecule has 0 saturated carbocycles. The number of carboxylic acid groups (broad SMARTS) is 1. The number of carbonyl (C=O) groups excluding carboxylic acids is 2. The summed E-state index contributed by atoms with van der Waals surface area (Å²) in [5.41, 5.74) is -1.54. The van der Waals surface area contributed by atoms with E-state index >= 15 is 0 Å². The number of aliphatic carboxylic acids is 1. The third-order valence-corrected chi connectivity index (χ3v) is 4.54. The summed E-state index contributed by atoms with van der Waals surface area (Å²) in [6, 6.07) is 6.21. The minimum absolute atomic E-state index is 0.200. The molecule has 0 radical (unpaired) electrons. The van der Waals surface area contributed by atoms with Crippen LogP contribution in [0, 0.1) is 0 Å². The van der Waals surface area contributed by atoms with E-state index in [-0.39, 0.29) is 5.56 Å². The summed E-state index contributed by atoms with van der Waals surface area (Å²) in [5, 5.41) is 52.8. The molecule has 1 saturated heterocycles. The van der Waals surface area contributed by atoms with Crippen molar-refractivity contribution in [2.75, 3.05) is 11.9 Å². The van der Waals surface area contributed by atoms with Crippen molar-refractivity contribution >= 4 is 17.6 Å². The molecule has 0 aliphatic carbocycles. The molecular formula is C16H18NO9-. The van der Waals surface area contributed by atoms with E-state index in [1.54, 1.807) is 18.2 Å². The number of anilines is 1. The van der Waals surface area contributed by atoms with E-state index < -0.39 is 61.2 Å². The van der Waals surface area contributed by atoms with Gasteiger partial charge in [0.05, 0.1) is 6.61 Å². The Labute approximate surface area is 147 Å². The van der Waals surface area contributed by atoms with E-state index in [2.05, 4.69) is 5.32 Å². The zero-order valence-corrected chi connectivity index (χ0v) is 13.4. The van der Waals surface area contributed by atoms with Crippen LogP contribution in [0.3, 0.4) is 0 Å². The number of para-hydroxylation sites is 1. The van der Waals surface area contributed by atoms with Crippen LogP contribution in [0.4, 0.5) is 5.69 Å². The number of rotatable bonds is 5. The molecular weight excluding hydrogens is 350 g/mol. The van der Waals surface area contributed by atoms with Crippen LogP contribution in [0.15, 0.2) is 24.3 Å². The second-order valence-electron chi connectivity index (χ2n) is 6.19. The van der Waals surface area contributed by atoms with Crippen molar-refractivity contribution in [3.8, 4) is 0 Å². The zero-order valence-electron chi connectivity index (χ0n) is 13.4. The fourth-order valence-corrected chi connectivity index (χ4v) is 3.19. The molecule has 1 unspecified atom stereocenters. The highest BCUT2D eigenvalue weighted by Gasteiger charge is 2.53. The first-order valence-corrected chi connectivity index (χ1v) is 7.89. The molecule has 5 N–H and O–H groups in total. The molecule has 1 amide bonds. The highest BCUT2D eigenvalue weighted by Crippen LogP contribution is 2.43. The maximum Gasteiger partial charge on any atom is 0.261 e. The SMILES string of the molecule is O=C([O-])CC1(O[C@@H]2O[C@H](CO)[C@@H](O)[C@H](O)[C@H]2O)C(=O)Nc2ccccc21. The molecule has 3 rings (SSSR count). The van der Waals surface area contributed by atoms with Crippen LogP contribution < -0.4 is 10.4 Å². The van der Waals surface area contributed by atoms with Crippen LogP contribution in [0.5, 0.6) is 0 Å². The molecule has 10 heteroatoms. The average molecular weight is 368 g/mol. The summed E-state index contributed by atoms with van der Waals surface area (Å²) < 4.78 is 10.8. The smallest absolute Gasteiger partial charge is 0.261 e. The molecule has 2 aliphatic heterocycles. The van der Waals surface area contributed by atoms with Crippen molar-refractivity contribution in [3.05, 3.63) is 29.8 Å². The summed E-state index contributed by atoms with van der Waals surface area (Å²) in [7, 11) is 0. The first-order chi connectivity index (χ1) is 12.3. The summed E-state index contributed by atoms with van der Waals surface area (Å²) in [6.45, 7) is -0.693. The van der Waals surface area contributed by atoms with E-state index in [4.69, 9.17) is 9.47 Å². The lowest BCUT2D eigenvalue weighted by molar-refractivity contribution is -0.334. The Morgan fingerprint density at radius 3 is 2.58 bits per heavy atom. The third-order valence-electron chi connectivity index (χ3n) is 4.54. The number of hydrogen-bond acceptors (Lipinski definition) is 9. The predicted octanol–water partition coefficient (Wildman–Crippen LogP) is -3.21. The second kappa shape index (κ2) is 6.91. The first-order valence-electron chi connectivity index (χ1n) is 7.89. The Balaban J connectivity index is 1.98. The van der Waals surface area contributed by atoms with E-state index in [0.717, 1.165) is 0 Å². The summed E-state index contributed by atoms with van der Waals surface area (Å²) >= 11 is 0. The Kier molecular flexibility index (Phi) is 4.97. The average Bonchev–Trinajstić information content (AvgIpc) is 2.87. The van der Waals surface area contributed by atoms with Crippen molar-refractivity contribution in [1.82, 2.24) is 0 Å². The molecule has 6 atom stereocenters. The van der Waals surface area contributed by atoms with Gasteiger partial charge in [0.15, 0.2) is 11.9 Å². The number of aliphatic hydroxyl groups is 4. The predicted molar refractivity (Wildman–Crippen MR) is 81.2 cm³/mol. The number of aliphatic hydroxyl groups excluding tert-OH is 4. The van der Waals surface area contributed by atoms with Gasteiger partial charge < -0.3 is 45.1 Å². The quantitative estimate of drug-likeness (QED) is 0.359. The number of ether oxygens (including phenoxy) is 2. The van der Waals surface area contributed by atoms with Crippen molar-refractivity contribution in [2.24, 2.45) is 0 Å². The minimum atomic E-state index is -2.07. The number of benzene rings is 1. The standard InChI is InChI=1S/C16H19NO9/c18-6-9-11(21)12(22)13(23)14(25-9)26-16(5-10(19)20)7-3-1-2-4-8(7)17-15(16)24/h1-4,9,11-14,18,21-23H,5-6H2,(H,17,24)(H,19,20)/p-1/t9-,11-,12+,13-,14+,16?/m1/s1. The van der Waals surface area contributed by atoms with Crippen molar-refractivity contribution in [2.45, 2.75) is 42.7 Å². The molecule has 2 heterocycles. The molecule has 26 heavy (non-hydrogen) atoms. The van der Waals surface area contributed by atoms with Gasteiger partial charge >= 0.3 is 0 Å². The van der Waals surface area contributed by atoms with Gasteiger partial charge in [0.2, 0.25) is 0 Å². The van der Waals surface area contributed by atoms with Crippen LogP contribution in [-0.2, 0) is 24.7 Å². The van der Waals surface area contributed by atoms with E-state index in [1.165, 1.54) is 6.07 Å². The summed E-state index contributed by atoms with van der Waals surface area (Å²) in [5.74, 6) is -2.39. The van der Waals surface area contributed by atoms with Crippen LogP contribution in [0.1, 0.15) is 12.0 Å². The Morgan fingerprint density at radius 2 is 1.92 bits per heavy atom.